The van der Waals surface area contributed by atoms with Crippen LogP contribution in [0, 0.1) is 0 Å². The molecular formula is C19H19N3O5. The average Bonchev–Trinajstić information content (AvgIpc) is 3.38. The zero-order valence-electron chi connectivity index (χ0n) is 14.8. The topological polar surface area (TPSA) is 101 Å². The Morgan fingerprint density at radius 1 is 1.22 bits per heavy atom. The third-order valence-corrected chi connectivity index (χ3v) is 3.98. The fourth-order valence-corrected chi connectivity index (χ4v) is 2.54. The van der Waals surface area contributed by atoms with E-state index in [0.717, 1.165) is 11.3 Å². The summed E-state index contributed by atoms with van der Waals surface area (Å²) in [4.78, 5) is 36.0. The smallest absolute Gasteiger partial charge is 0.328 e. The van der Waals surface area contributed by atoms with Crippen molar-refractivity contribution in [2.45, 2.75) is 19.4 Å². The molecule has 2 heterocycles. The number of amides is 2. The van der Waals surface area contributed by atoms with Crippen molar-refractivity contribution in [1.82, 2.24) is 10.3 Å². The first-order valence-corrected chi connectivity index (χ1v) is 8.49. The van der Waals surface area contributed by atoms with Gasteiger partial charge in [-0.1, -0.05) is 30.3 Å². The summed E-state index contributed by atoms with van der Waals surface area (Å²) in [5, 5.41) is 8.03. The van der Waals surface area contributed by atoms with Gasteiger partial charge in [0, 0.05) is 6.42 Å². The molecule has 0 saturated heterocycles. The molecule has 0 aliphatic carbocycles. The minimum absolute atomic E-state index is 0.0885. The first-order valence-electron chi connectivity index (χ1n) is 8.49. The highest BCUT2D eigenvalue weighted by Crippen LogP contribution is 2.13. The molecule has 1 aliphatic heterocycles. The number of esters is 1. The summed E-state index contributed by atoms with van der Waals surface area (Å²) < 4.78 is 9.94. The fraction of sp³-hybridized carbons (Fsp3) is 0.263. The molecule has 1 N–H and O–H groups in total. The monoisotopic (exact) mass is 369 g/mol. The van der Waals surface area contributed by atoms with Crippen LogP contribution in [0.25, 0.3) is 0 Å². The van der Waals surface area contributed by atoms with E-state index >= 15 is 0 Å². The largest absolute Gasteiger partial charge is 0.459 e. The van der Waals surface area contributed by atoms with E-state index in [-0.39, 0.29) is 5.76 Å². The Morgan fingerprint density at radius 2 is 2.00 bits per heavy atom. The van der Waals surface area contributed by atoms with Crippen LogP contribution >= 0.6 is 0 Å². The van der Waals surface area contributed by atoms with Crippen LogP contribution in [-0.2, 0) is 14.3 Å². The van der Waals surface area contributed by atoms with Gasteiger partial charge in [0.15, 0.2) is 12.4 Å². The lowest BCUT2D eigenvalue weighted by Crippen LogP contribution is -2.40. The van der Waals surface area contributed by atoms with Crippen molar-refractivity contribution >= 4 is 23.5 Å². The van der Waals surface area contributed by atoms with E-state index in [9.17, 15) is 14.4 Å². The molecule has 2 amide bonds. The Bertz CT molecular complexity index is 845. The van der Waals surface area contributed by atoms with E-state index in [2.05, 4.69) is 10.4 Å². The summed E-state index contributed by atoms with van der Waals surface area (Å²) >= 11 is 0. The normalized spacial score (nSPS) is 14.4. The van der Waals surface area contributed by atoms with Gasteiger partial charge in [0.2, 0.25) is 0 Å². The zero-order valence-corrected chi connectivity index (χ0v) is 14.8. The van der Waals surface area contributed by atoms with Crippen molar-refractivity contribution in [1.29, 1.82) is 0 Å². The predicted molar refractivity (Wildman–Crippen MR) is 95.9 cm³/mol. The van der Waals surface area contributed by atoms with E-state index in [0.29, 0.717) is 13.0 Å². The van der Waals surface area contributed by atoms with E-state index in [1.807, 2.05) is 30.3 Å². The molecule has 1 unspecified atom stereocenters. The fourth-order valence-electron chi connectivity index (χ4n) is 2.54. The van der Waals surface area contributed by atoms with Crippen molar-refractivity contribution in [2.24, 2.45) is 5.10 Å². The molecule has 0 fully saturated rings. The molecule has 0 saturated carbocycles. The Kier molecular flexibility index (Phi) is 5.65. The lowest BCUT2D eigenvalue weighted by molar-refractivity contribution is -0.153. The third kappa shape index (κ3) is 4.60. The minimum atomic E-state index is -0.919. The summed E-state index contributed by atoms with van der Waals surface area (Å²) in [6, 6.07) is 11.7. The van der Waals surface area contributed by atoms with Gasteiger partial charge in [-0.25, -0.2) is 9.80 Å². The van der Waals surface area contributed by atoms with Crippen LogP contribution in [0.3, 0.4) is 0 Å². The summed E-state index contributed by atoms with van der Waals surface area (Å²) in [5.74, 6) is -1.58. The summed E-state index contributed by atoms with van der Waals surface area (Å²) in [6.45, 7) is 1.46. The summed E-state index contributed by atoms with van der Waals surface area (Å²) in [6.07, 6.45) is 2.00. The van der Waals surface area contributed by atoms with E-state index in [4.69, 9.17) is 9.15 Å². The molecule has 27 heavy (non-hydrogen) atoms. The van der Waals surface area contributed by atoms with Gasteiger partial charge in [-0.3, -0.25) is 9.59 Å². The van der Waals surface area contributed by atoms with Gasteiger partial charge in [0.1, 0.15) is 6.04 Å². The maximum Gasteiger partial charge on any atom is 0.328 e. The Morgan fingerprint density at radius 3 is 2.70 bits per heavy atom. The standard InChI is InChI=1S/C19H19N3O5/c1-13(20-18(24)16-8-5-11-26-16)19(25)27-12-17(23)22-10-9-15(21-22)14-6-3-2-4-7-14/h2-8,11,13H,9-10,12H2,1H3,(H,20,24). The average molecular weight is 369 g/mol. The van der Waals surface area contributed by atoms with Crippen molar-refractivity contribution in [2.75, 3.05) is 13.2 Å². The Balaban J connectivity index is 1.48. The van der Waals surface area contributed by atoms with Gasteiger partial charge in [0.25, 0.3) is 11.8 Å². The van der Waals surface area contributed by atoms with Gasteiger partial charge in [-0.2, -0.15) is 5.10 Å². The molecule has 8 nitrogen and oxygen atoms in total. The summed E-state index contributed by atoms with van der Waals surface area (Å²) in [5.41, 5.74) is 1.77. The second-order valence-electron chi connectivity index (χ2n) is 5.96. The number of ether oxygens (including phenoxy) is 1. The molecule has 140 valence electrons. The number of hydrogen-bond acceptors (Lipinski definition) is 6. The third-order valence-electron chi connectivity index (χ3n) is 3.98. The lowest BCUT2D eigenvalue weighted by atomic mass is 10.1. The maximum absolute atomic E-state index is 12.2. The number of hydrazone groups is 1. The first-order chi connectivity index (χ1) is 13.0. The first kappa shape index (κ1) is 18.4. The molecule has 3 rings (SSSR count). The van der Waals surface area contributed by atoms with Crippen molar-refractivity contribution in [3.63, 3.8) is 0 Å². The van der Waals surface area contributed by atoms with Crippen molar-refractivity contribution in [3.8, 4) is 0 Å². The number of carbonyl (C=O) groups excluding carboxylic acids is 3. The Hall–Kier alpha value is -3.42. The zero-order chi connectivity index (χ0) is 19.2. The SMILES string of the molecule is CC(NC(=O)c1ccco1)C(=O)OCC(=O)N1CCC(c2ccccc2)=N1. The number of nitrogens with zero attached hydrogens (tertiary/aromatic N) is 2. The number of nitrogens with one attached hydrogen (secondary N) is 1. The quantitative estimate of drug-likeness (QED) is 0.779. The number of furan rings is 1. The van der Waals surface area contributed by atoms with Gasteiger partial charge < -0.3 is 14.5 Å². The Labute approximate surface area is 155 Å². The maximum atomic E-state index is 12.2. The molecule has 1 atom stereocenters. The molecule has 1 aromatic carbocycles. The molecule has 0 radical (unpaired) electrons. The molecule has 1 aliphatic rings. The van der Waals surface area contributed by atoms with Crippen LogP contribution in [0.2, 0.25) is 0 Å². The highest BCUT2D eigenvalue weighted by Gasteiger charge is 2.24. The van der Waals surface area contributed by atoms with Crippen LogP contribution in [0.4, 0.5) is 0 Å². The van der Waals surface area contributed by atoms with Gasteiger partial charge in [0.05, 0.1) is 18.5 Å². The predicted octanol–water partition coefficient (Wildman–Crippen LogP) is 1.58. The molecule has 8 heteroatoms. The van der Waals surface area contributed by atoms with Crippen LogP contribution in [0.5, 0.6) is 0 Å². The van der Waals surface area contributed by atoms with Gasteiger partial charge >= 0.3 is 5.97 Å². The van der Waals surface area contributed by atoms with Crippen LogP contribution < -0.4 is 5.32 Å². The summed E-state index contributed by atoms with van der Waals surface area (Å²) in [7, 11) is 0. The highest BCUT2D eigenvalue weighted by molar-refractivity contribution is 6.02. The van der Waals surface area contributed by atoms with Gasteiger partial charge in [-0.05, 0) is 24.6 Å². The molecular weight excluding hydrogens is 350 g/mol. The molecule has 0 bridgehead atoms. The second-order valence-corrected chi connectivity index (χ2v) is 5.96. The number of benzene rings is 1. The minimum Gasteiger partial charge on any atom is -0.459 e. The van der Waals surface area contributed by atoms with Crippen LogP contribution in [-0.4, -0.2) is 47.7 Å². The number of carbonyl (C=O) groups is 3. The van der Waals surface area contributed by atoms with Crippen LogP contribution in [0.15, 0.2) is 58.2 Å². The lowest BCUT2D eigenvalue weighted by Gasteiger charge is -2.14. The van der Waals surface area contributed by atoms with E-state index < -0.39 is 30.4 Å². The molecule has 1 aromatic heterocycles. The van der Waals surface area contributed by atoms with Gasteiger partial charge in [-0.15, -0.1) is 0 Å². The number of hydrogen-bond donors (Lipinski definition) is 1. The van der Waals surface area contributed by atoms with Crippen molar-refractivity contribution < 1.29 is 23.5 Å². The highest BCUT2D eigenvalue weighted by atomic mass is 16.5. The van der Waals surface area contributed by atoms with Crippen LogP contribution in [0.1, 0.15) is 29.5 Å². The number of rotatable bonds is 6. The van der Waals surface area contributed by atoms with E-state index in [1.165, 1.54) is 24.3 Å². The molecule has 0 spiro atoms. The molecule has 2 aromatic rings. The van der Waals surface area contributed by atoms with E-state index in [1.54, 1.807) is 6.07 Å². The second kappa shape index (κ2) is 8.31. The van der Waals surface area contributed by atoms with Crippen molar-refractivity contribution in [3.05, 3.63) is 60.1 Å².